The minimum absolute atomic E-state index is 0.0233. The SMILES string of the molecule is COc1ccc2c(CC(=O)OC(C)C(=O)N(C)Cc3cccc(F)c3)coc2c1. The van der Waals surface area contributed by atoms with Gasteiger partial charge in [-0.25, -0.2) is 4.39 Å². The number of ether oxygens (including phenoxy) is 2. The minimum Gasteiger partial charge on any atom is -0.497 e. The van der Waals surface area contributed by atoms with E-state index in [0.717, 1.165) is 5.39 Å². The number of fused-ring (bicyclic) bond motifs is 1. The van der Waals surface area contributed by atoms with Crippen molar-refractivity contribution in [3.05, 3.63) is 65.7 Å². The van der Waals surface area contributed by atoms with Crippen molar-refractivity contribution in [2.75, 3.05) is 14.2 Å². The number of hydrogen-bond donors (Lipinski definition) is 0. The Kier molecular flexibility index (Phi) is 6.16. The molecular weight excluding hydrogens is 377 g/mol. The molecule has 1 amide bonds. The number of methoxy groups -OCH3 is 1. The summed E-state index contributed by atoms with van der Waals surface area (Å²) in [5, 5.41) is 0.782. The number of esters is 1. The molecule has 0 fully saturated rings. The average Bonchev–Trinajstić information content (AvgIpc) is 3.08. The molecule has 6 nitrogen and oxygen atoms in total. The van der Waals surface area contributed by atoms with E-state index >= 15 is 0 Å². The van der Waals surface area contributed by atoms with E-state index in [-0.39, 0.29) is 24.7 Å². The van der Waals surface area contributed by atoms with E-state index in [9.17, 15) is 14.0 Å². The lowest BCUT2D eigenvalue weighted by Crippen LogP contribution is -2.37. The number of carbonyl (C=O) groups is 2. The van der Waals surface area contributed by atoms with Crippen LogP contribution in [0.3, 0.4) is 0 Å². The van der Waals surface area contributed by atoms with Crippen molar-refractivity contribution >= 4 is 22.8 Å². The predicted molar refractivity (Wildman–Crippen MR) is 105 cm³/mol. The zero-order valence-electron chi connectivity index (χ0n) is 16.5. The third-order valence-electron chi connectivity index (χ3n) is 4.54. The second kappa shape index (κ2) is 8.77. The largest absolute Gasteiger partial charge is 0.497 e. The number of nitrogens with zero attached hydrogens (tertiary/aromatic N) is 1. The van der Waals surface area contributed by atoms with E-state index in [0.29, 0.717) is 22.5 Å². The Bertz CT molecular complexity index is 1030. The van der Waals surface area contributed by atoms with Crippen LogP contribution in [0.25, 0.3) is 11.0 Å². The topological polar surface area (TPSA) is 69.0 Å². The van der Waals surface area contributed by atoms with Gasteiger partial charge in [-0.15, -0.1) is 0 Å². The molecule has 7 heteroatoms. The maximum atomic E-state index is 13.3. The lowest BCUT2D eigenvalue weighted by molar-refractivity contribution is -0.158. The van der Waals surface area contributed by atoms with E-state index in [2.05, 4.69) is 0 Å². The van der Waals surface area contributed by atoms with Gasteiger partial charge in [-0.05, 0) is 36.8 Å². The van der Waals surface area contributed by atoms with Gasteiger partial charge in [0.15, 0.2) is 6.10 Å². The normalized spacial score (nSPS) is 11.9. The fraction of sp³-hybridized carbons (Fsp3) is 0.273. The molecule has 0 aliphatic carbocycles. The molecule has 0 aliphatic heterocycles. The average molecular weight is 399 g/mol. The zero-order valence-corrected chi connectivity index (χ0v) is 16.5. The number of furan rings is 1. The lowest BCUT2D eigenvalue weighted by Gasteiger charge is -2.21. The quantitative estimate of drug-likeness (QED) is 0.567. The van der Waals surface area contributed by atoms with Crippen LogP contribution in [0.4, 0.5) is 4.39 Å². The van der Waals surface area contributed by atoms with Gasteiger partial charge in [0.2, 0.25) is 0 Å². The van der Waals surface area contributed by atoms with Gasteiger partial charge < -0.3 is 18.8 Å². The van der Waals surface area contributed by atoms with Crippen LogP contribution in [-0.4, -0.2) is 37.0 Å². The van der Waals surface area contributed by atoms with Gasteiger partial charge in [0.05, 0.1) is 19.8 Å². The molecule has 0 aliphatic rings. The monoisotopic (exact) mass is 399 g/mol. The number of amides is 1. The second-order valence-electron chi connectivity index (χ2n) is 6.76. The minimum atomic E-state index is -0.959. The Hall–Kier alpha value is -3.35. The molecule has 0 saturated heterocycles. The van der Waals surface area contributed by atoms with E-state index in [4.69, 9.17) is 13.9 Å². The smallest absolute Gasteiger partial charge is 0.311 e. The predicted octanol–water partition coefficient (Wildman–Crippen LogP) is 3.71. The zero-order chi connectivity index (χ0) is 21.0. The van der Waals surface area contributed by atoms with Crippen LogP contribution in [0.15, 0.2) is 53.1 Å². The van der Waals surface area contributed by atoms with Crippen LogP contribution in [0, 0.1) is 5.82 Å². The van der Waals surface area contributed by atoms with Crippen LogP contribution in [0.2, 0.25) is 0 Å². The summed E-state index contributed by atoms with van der Waals surface area (Å²) in [6.07, 6.45) is 0.512. The van der Waals surface area contributed by atoms with Crippen molar-refractivity contribution in [3.8, 4) is 5.75 Å². The first-order valence-corrected chi connectivity index (χ1v) is 9.10. The molecule has 3 aromatic rings. The van der Waals surface area contributed by atoms with Crippen molar-refractivity contribution in [2.45, 2.75) is 26.0 Å². The van der Waals surface area contributed by atoms with E-state index in [1.165, 1.54) is 30.2 Å². The molecule has 152 valence electrons. The van der Waals surface area contributed by atoms with Crippen LogP contribution in [-0.2, 0) is 27.3 Å². The summed E-state index contributed by atoms with van der Waals surface area (Å²) in [5.74, 6) is -0.623. The molecule has 1 heterocycles. The van der Waals surface area contributed by atoms with E-state index < -0.39 is 12.1 Å². The highest BCUT2D eigenvalue weighted by molar-refractivity contribution is 5.88. The summed E-state index contributed by atoms with van der Waals surface area (Å²) in [6.45, 7) is 1.73. The fourth-order valence-electron chi connectivity index (χ4n) is 3.07. The van der Waals surface area contributed by atoms with Gasteiger partial charge in [-0.1, -0.05) is 12.1 Å². The summed E-state index contributed by atoms with van der Waals surface area (Å²) in [5.41, 5.74) is 1.92. The summed E-state index contributed by atoms with van der Waals surface area (Å²) < 4.78 is 29.2. The number of benzene rings is 2. The Labute approximate surface area is 167 Å². The molecule has 1 atom stereocenters. The highest BCUT2D eigenvalue weighted by Crippen LogP contribution is 2.26. The summed E-state index contributed by atoms with van der Waals surface area (Å²) in [6, 6.07) is 11.3. The van der Waals surface area contributed by atoms with Gasteiger partial charge in [-0.3, -0.25) is 9.59 Å². The molecule has 1 unspecified atom stereocenters. The van der Waals surface area contributed by atoms with Gasteiger partial charge in [0.25, 0.3) is 5.91 Å². The number of likely N-dealkylation sites (N-methyl/N-ethyl adjacent to an activating group) is 1. The van der Waals surface area contributed by atoms with Crippen molar-refractivity contribution in [3.63, 3.8) is 0 Å². The number of rotatable bonds is 7. The molecule has 0 saturated carbocycles. The molecule has 29 heavy (non-hydrogen) atoms. The molecule has 0 bridgehead atoms. The first-order valence-electron chi connectivity index (χ1n) is 9.10. The molecule has 0 spiro atoms. The molecule has 1 aromatic heterocycles. The molecule has 0 radical (unpaired) electrons. The molecule has 2 aromatic carbocycles. The summed E-state index contributed by atoms with van der Waals surface area (Å²) in [7, 11) is 3.14. The number of halogens is 1. The van der Waals surface area contributed by atoms with Crippen molar-refractivity contribution in [1.29, 1.82) is 0 Å². The van der Waals surface area contributed by atoms with E-state index in [1.54, 1.807) is 38.4 Å². The number of carbonyl (C=O) groups excluding carboxylic acids is 2. The first-order chi connectivity index (χ1) is 13.9. The Morgan fingerprint density at radius 2 is 2.00 bits per heavy atom. The van der Waals surface area contributed by atoms with Crippen molar-refractivity contribution in [1.82, 2.24) is 4.90 Å². The Morgan fingerprint density at radius 1 is 1.21 bits per heavy atom. The molecular formula is C22H22FNO5. The van der Waals surface area contributed by atoms with Crippen LogP contribution >= 0.6 is 0 Å². The maximum absolute atomic E-state index is 13.3. The first kappa shape index (κ1) is 20.4. The van der Waals surface area contributed by atoms with Gasteiger partial charge in [0, 0.05) is 30.6 Å². The van der Waals surface area contributed by atoms with Crippen LogP contribution in [0.1, 0.15) is 18.1 Å². The van der Waals surface area contributed by atoms with Crippen LogP contribution < -0.4 is 4.74 Å². The third kappa shape index (κ3) is 4.93. The van der Waals surface area contributed by atoms with Gasteiger partial charge in [-0.2, -0.15) is 0 Å². The van der Waals surface area contributed by atoms with Gasteiger partial charge in [0.1, 0.15) is 17.1 Å². The Morgan fingerprint density at radius 3 is 2.72 bits per heavy atom. The molecule has 0 N–H and O–H groups in total. The Balaban J connectivity index is 1.59. The summed E-state index contributed by atoms with van der Waals surface area (Å²) in [4.78, 5) is 26.2. The van der Waals surface area contributed by atoms with Crippen molar-refractivity contribution < 1.29 is 27.9 Å². The highest BCUT2D eigenvalue weighted by Gasteiger charge is 2.22. The lowest BCUT2D eigenvalue weighted by atomic mass is 10.1. The van der Waals surface area contributed by atoms with Crippen molar-refractivity contribution in [2.24, 2.45) is 0 Å². The van der Waals surface area contributed by atoms with Gasteiger partial charge >= 0.3 is 5.97 Å². The third-order valence-corrected chi connectivity index (χ3v) is 4.54. The number of hydrogen-bond acceptors (Lipinski definition) is 5. The maximum Gasteiger partial charge on any atom is 0.311 e. The fourth-order valence-corrected chi connectivity index (χ4v) is 3.07. The second-order valence-corrected chi connectivity index (χ2v) is 6.76. The highest BCUT2D eigenvalue weighted by atomic mass is 19.1. The summed E-state index contributed by atoms with van der Waals surface area (Å²) >= 11 is 0. The van der Waals surface area contributed by atoms with Crippen LogP contribution in [0.5, 0.6) is 5.75 Å². The van der Waals surface area contributed by atoms with E-state index in [1.807, 2.05) is 6.07 Å². The molecule has 3 rings (SSSR count). The standard InChI is InChI=1S/C22H22FNO5/c1-14(22(26)24(2)12-15-5-4-6-17(23)9-15)29-21(25)10-16-13-28-20-11-18(27-3)7-8-19(16)20/h4-9,11,13-14H,10,12H2,1-3H3.